The van der Waals surface area contributed by atoms with Crippen molar-refractivity contribution in [1.82, 2.24) is 4.31 Å². The minimum Gasteiger partial charge on any atom is -0.379 e. The summed E-state index contributed by atoms with van der Waals surface area (Å²) in [5.41, 5.74) is 2.29. The van der Waals surface area contributed by atoms with Gasteiger partial charge in [0.1, 0.15) is 0 Å². The van der Waals surface area contributed by atoms with E-state index in [4.69, 9.17) is 11.2 Å². The molecule has 2 heterocycles. The molecule has 2 aliphatic rings. The number of carbonyl (C=O) groups excluding carboxylic acids is 1. The summed E-state index contributed by atoms with van der Waals surface area (Å²) < 4.78 is 33.0. The van der Waals surface area contributed by atoms with E-state index in [0.717, 1.165) is 31.6 Å². The summed E-state index contributed by atoms with van der Waals surface area (Å²) >= 11 is 0. The van der Waals surface area contributed by atoms with Crippen LogP contribution in [0.15, 0.2) is 47.4 Å². The van der Waals surface area contributed by atoms with Gasteiger partial charge in [0.15, 0.2) is 0 Å². The third kappa shape index (κ3) is 4.59. The van der Waals surface area contributed by atoms with Gasteiger partial charge in [0.2, 0.25) is 10.0 Å². The van der Waals surface area contributed by atoms with Crippen molar-refractivity contribution >= 4 is 27.3 Å². The number of carbonyl (C=O) groups is 1. The molecule has 2 fully saturated rings. The van der Waals surface area contributed by atoms with Gasteiger partial charge in [-0.1, -0.05) is 12.0 Å². The highest BCUT2D eigenvalue weighted by molar-refractivity contribution is 7.89. The highest BCUT2D eigenvalue weighted by Gasteiger charge is 2.29. The first-order valence-electron chi connectivity index (χ1n) is 10.3. The maximum absolute atomic E-state index is 13.2. The summed E-state index contributed by atoms with van der Waals surface area (Å²) in [4.78, 5) is 15.5. The second-order valence-corrected chi connectivity index (χ2v) is 9.51. The predicted molar refractivity (Wildman–Crippen MR) is 120 cm³/mol. The zero-order valence-corrected chi connectivity index (χ0v) is 18.0. The van der Waals surface area contributed by atoms with Gasteiger partial charge in [0, 0.05) is 43.1 Å². The predicted octanol–water partition coefficient (Wildman–Crippen LogP) is 2.54. The molecule has 0 radical (unpaired) electrons. The molecule has 31 heavy (non-hydrogen) atoms. The fraction of sp³-hybridized carbons (Fsp3) is 0.348. The van der Waals surface area contributed by atoms with E-state index in [1.54, 1.807) is 36.4 Å². The molecule has 2 aromatic rings. The Bertz CT molecular complexity index is 1110. The molecule has 0 aliphatic carbocycles. The Morgan fingerprint density at radius 3 is 2.48 bits per heavy atom. The fourth-order valence-electron chi connectivity index (χ4n) is 3.91. The topological polar surface area (TPSA) is 79.0 Å². The molecule has 4 rings (SSSR count). The van der Waals surface area contributed by atoms with Crippen LogP contribution in [0.2, 0.25) is 0 Å². The minimum atomic E-state index is -3.71. The Morgan fingerprint density at radius 2 is 1.77 bits per heavy atom. The summed E-state index contributed by atoms with van der Waals surface area (Å²) in [7, 11) is -3.71. The number of nitrogens with zero attached hydrogens (tertiary/aromatic N) is 2. The summed E-state index contributed by atoms with van der Waals surface area (Å²) in [5, 5.41) is 2.87. The summed E-state index contributed by atoms with van der Waals surface area (Å²) in [6.07, 6.45) is 7.54. The first kappa shape index (κ1) is 21.4. The van der Waals surface area contributed by atoms with E-state index in [1.807, 2.05) is 0 Å². The molecule has 1 amide bonds. The number of amides is 1. The summed E-state index contributed by atoms with van der Waals surface area (Å²) in [6, 6.07) is 11.8. The normalized spacial score (nSPS) is 17.3. The maximum Gasteiger partial charge on any atom is 0.257 e. The second-order valence-electron chi connectivity index (χ2n) is 7.57. The molecule has 0 unspecified atom stereocenters. The van der Waals surface area contributed by atoms with Crippen LogP contribution in [0.5, 0.6) is 0 Å². The van der Waals surface area contributed by atoms with Crippen molar-refractivity contribution in [1.29, 1.82) is 0 Å². The van der Waals surface area contributed by atoms with Gasteiger partial charge in [-0.05, 0) is 49.2 Å². The van der Waals surface area contributed by atoms with Crippen molar-refractivity contribution in [2.24, 2.45) is 0 Å². The van der Waals surface area contributed by atoms with Crippen LogP contribution in [0, 0.1) is 12.3 Å². The van der Waals surface area contributed by atoms with Crippen molar-refractivity contribution < 1.29 is 17.9 Å². The first-order chi connectivity index (χ1) is 15.0. The van der Waals surface area contributed by atoms with Crippen LogP contribution in [-0.4, -0.2) is 58.0 Å². The summed E-state index contributed by atoms with van der Waals surface area (Å²) in [5.74, 6) is 2.18. The molecular weight excluding hydrogens is 414 g/mol. The van der Waals surface area contributed by atoms with Crippen LogP contribution >= 0.6 is 0 Å². The molecule has 2 aliphatic heterocycles. The van der Waals surface area contributed by atoms with Gasteiger partial charge in [-0.2, -0.15) is 4.31 Å². The van der Waals surface area contributed by atoms with E-state index < -0.39 is 10.0 Å². The third-order valence-electron chi connectivity index (χ3n) is 5.55. The van der Waals surface area contributed by atoms with E-state index in [2.05, 4.69) is 16.1 Å². The SMILES string of the molecule is C#Cc1cccc(NC(=O)c2cc(S(=O)(=O)N3CCOCC3)ccc2N2CCCC2)c1. The molecule has 8 heteroatoms. The van der Waals surface area contributed by atoms with Crippen molar-refractivity contribution in [2.75, 3.05) is 49.6 Å². The Kier molecular flexibility index (Phi) is 6.28. The molecule has 2 saturated heterocycles. The lowest BCUT2D eigenvalue weighted by Crippen LogP contribution is -2.40. The van der Waals surface area contributed by atoms with E-state index in [-0.39, 0.29) is 10.8 Å². The quantitative estimate of drug-likeness (QED) is 0.725. The van der Waals surface area contributed by atoms with Gasteiger partial charge in [-0.3, -0.25) is 4.79 Å². The third-order valence-corrected chi connectivity index (χ3v) is 7.45. The molecule has 162 valence electrons. The zero-order valence-electron chi connectivity index (χ0n) is 17.2. The van der Waals surface area contributed by atoms with Gasteiger partial charge in [0.05, 0.1) is 23.7 Å². The van der Waals surface area contributed by atoms with E-state index >= 15 is 0 Å². The first-order valence-corrected chi connectivity index (χ1v) is 11.8. The number of nitrogens with one attached hydrogen (secondary N) is 1. The smallest absolute Gasteiger partial charge is 0.257 e. The highest BCUT2D eigenvalue weighted by atomic mass is 32.2. The Labute approximate surface area is 183 Å². The van der Waals surface area contributed by atoms with Crippen LogP contribution in [0.4, 0.5) is 11.4 Å². The van der Waals surface area contributed by atoms with Gasteiger partial charge >= 0.3 is 0 Å². The molecule has 2 aromatic carbocycles. The molecule has 0 aromatic heterocycles. The number of morpholine rings is 1. The number of sulfonamides is 1. The fourth-order valence-corrected chi connectivity index (χ4v) is 5.35. The molecule has 0 saturated carbocycles. The van der Waals surface area contributed by atoms with E-state index in [1.165, 1.54) is 10.4 Å². The average Bonchev–Trinajstić information content (AvgIpc) is 3.34. The lowest BCUT2D eigenvalue weighted by molar-refractivity contribution is 0.0730. The molecular formula is C23H25N3O4S. The molecule has 1 N–H and O–H groups in total. The van der Waals surface area contributed by atoms with E-state index in [0.29, 0.717) is 43.1 Å². The Balaban J connectivity index is 1.70. The highest BCUT2D eigenvalue weighted by Crippen LogP contribution is 2.29. The lowest BCUT2D eigenvalue weighted by Gasteiger charge is -2.27. The number of terminal acetylenes is 1. The van der Waals surface area contributed by atoms with Crippen LogP contribution < -0.4 is 10.2 Å². The number of anilines is 2. The monoisotopic (exact) mass is 439 g/mol. The Hall–Kier alpha value is -2.86. The average molecular weight is 440 g/mol. The maximum atomic E-state index is 13.2. The number of ether oxygens (including phenoxy) is 1. The summed E-state index contributed by atoms with van der Waals surface area (Å²) in [6.45, 7) is 3.01. The molecule has 0 spiro atoms. The number of hydrogen-bond donors (Lipinski definition) is 1. The van der Waals surface area contributed by atoms with Gasteiger partial charge in [-0.15, -0.1) is 6.42 Å². The van der Waals surface area contributed by atoms with E-state index in [9.17, 15) is 13.2 Å². The van der Waals surface area contributed by atoms with Crippen molar-refractivity contribution in [2.45, 2.75) is 17.7 Å². The number of rotatable bonds is 5. The second kappa shape index (κ2) is 9.10. The zero-order chi connectivity index (χ0) is 21.8. The molecule has 0 atom stereocenters. The lowest BCUT2D eigenvalue weighted by atomic mass is 10.1. The van der Waals surface area contributed by atoms with Crippen LogP contribution in [0.3, 0.4) is 0 Å². The largest absolute Gasteiger partial charge is 0.379 e. The van der Waals surface area contributed by atoms with Gasteiger partial charge in [0.25, 0.3) is 5.91 Å². The van der Waals surface area contributed by atoms with Gasteiger partial charge < -0.3 is 15.0 Å². The van der Waals surface area contributed by atoms with Crippen molar-refractivity contribution in [3.05, 3.63) is 53.6 Å². The number of benzene rings is 2. The van der Waals surface area contributed by atoms with Crippen LogP contribution in [0.1, 0.15) is 28.8 Å². The van der Waals surface area contributed by atoms with Crippen LogP contribution in [0.25, 0.3) is 0 Å². The van der Waals surface area contributed by atoms with Crippen LogP contribution in [-0.2, 0) is 14.8 Å². The standard InChI is InChI=1S/C23H25N3O4S/c1-2-18-6-5-7-19(16-18)24-23(27)21-17-20(8-9-22(21)25-10-3-4-11-25)31(28,29)26-12-14-30-15-13-26/h1,5-9,16-17H,3-4,10-15H2,(H,24,27). The van der Waals surface area contributed by atoms with Crippen molar-refractivity contribution in [3.63, 3.8) is 0 Å². The van der Waals surface area contributed by atoms with Crippen molar-refractivity contribution in [3.8, 4) is 12.3 Å². The van der Waals surface area contributed by atoms with Gasteiger partial charge in [-0.25, -0.2) is 8.42 Å². The Morgan fingerprint density at radius 1 is 1.03 bits per heavy atom. The molecule has 7 nitrogen and oxygen atoms in total. The minimum absolute atomic E-state index is 0.111. The molecule has 0 bridgehead atoms. The number of hydrogen-bond acceptors (Lipinski definition) is 5.